The minimum Gasteiger partial charge on any atom is -0.394 e. The number of aliphatic hydroxyl groups excluding tert-OH is 3. The topological polar surface area (TPSA) is 163 Å². The standard InChI is InChI=1S/C15H21N5O6/c1-6(2)12(24)18-14-17-11-8(13(25)19-14)16-5-20(11)15(3)10(23)9(22)7(4-21)26-15/h5-7,9-10,21-23H,4H2,1-3H3,(H2,17,18,19,24,25)/t7-,9-,10-,15-/m1/s1. The van der Waals surface area contributed by atoms with Gasteiger partial charge in [-0.15, -0.1) is 0 Å². The van der Waals surface area contributed by atoms with E-state index in [4.69, 9.17) is 4.74 Å². The molecule has 0 unspecified atom stereocenters. The molecule has 11 nitrogen and oxygen atoms in total. The summed E-state index contributed by atoms with van der Waals surface area (Å²) < 4.78 is 6.91. The number of imidazole rings is 1. The van der Waals surface area contributed by atoms with E-state index in [2.05, 4.69) is 20.3 Å². The second-order valence-corrected chi connectivity index (χ2v) is 6.67. The number of H-pyrrole nitrogens is 1. The number of hydrogen-bond acceptors (Lipinski definition) is 8. The lowest BCUT2D eigenvalue weighted by molar-refractivity contribution is -0.132. The fourth-order valence-electron chi connectivity index (χ4n) is 2.87. The Kier molecular flexibility index (Phi) is 4.56. The monoisotopic (exact) mass is 367 g/mol. The molecule has 1 saturated heterocycles. The van der Waals surface area contributed by atoms with Crippen molar-refractivity contribution < 1.29 is 24.9 Å². The smallest absolute Gasteiger partial charge is 0.280 e. The Morgan fingerprint density at radius 2 is 2.19 bits per heavy atom. The van der Waals surface area contributed by atoms with Crippen LogP contribution in [0.1, 0.15) is 20.8 Å². The van der Waals surface area contributed by atoms with Gasteiger partial charge < -0.3 is 20.1 Å². The number of aromatic nitrogens is 4. The van der Waals surface area contributed by atoms with Crippen LogP contribution in [0, 0.1) is 5.92 Å². The number of carbonyl (C=O) groups is 1. The van der Waals surface area contributed by atoms with E-state index >= 15 is 0 Å². The van der Waals surface area contributed by atoms with Gasteiger partial charge >= 0.3 is 0 Å². The maximum atomic E-state index is 12.2. The highest BCUT2D eigenvalue weighted by atomic mass is 16.6. The van der Waals surface area contributed by atoms with Crippen LogP contribution in [0.15, 0.2) is 11.1 Å². The number of aliphatic hydroxyl groups is 3. The molecule has 1 fully saturated rings. The van der Waals surface area contributed by atoms with E-state index in [9.17, 15) is 24.9 Å². The van der Waals surface area contributed by atoms with E-state index in [-0.39, 0.29) is 28.9 Å². The number of rotatable bonds is 4. The fourth-order valence-corrected chi connectivity index (χ4v) is 2.87. The summed E-state index contributed by atoms with van der Waals surface area (Å²) in [7, 11) is 0. The number of nitrogens with one attached hydrogen (secondary N) is 2. The van der Waals surface area contributed by atoms with Crippen LogP contribution in [0.3, 0.4) is 0 Å². The summed E-state index contributed by atoms with van der Waals surface area (Å²) in [5.41, 5.74) is -2.06. The van der Waals surface area contributed by atoms with Crippen molar-refractivity contribution in [2.45, 2.75) is 44.8 Å². The molecule has 2 aromatic rings. The number of carbonyl (C=O) groups excluding carboxylic acids is 1. The summed E-state index contributed by atoms with van der Waals surface area (Å²) in [5.74, 6) is -0.727. The van der Waals surface area contributed by atoms with Gasteiger partial charge in [-0.25, -0.2) is 4.98 Å². The third-order valence-corrected chi connectivity index (χ3v) is 4.47. The first-order chi connectivity index (χ1) is 12.2. The van der Waals surface area contributed by atoms with Crippen molar-refractivity contribution in [1.29, 1.82) is 0 Å². The first-order valence-corrected chi connectivity index (χ1v) is 8.12. The van der Waals surface area contributed by atoms with Gasteiger partial charge in [0.2, 0.25) is 11.9 Å². The summed E-state index contributed by atoms with van der Waals surface area (Å²) in [6, 6.07) is 0. The van der Waals surface area contributed by atoms with Crippen molar-refractivity contribution in [2.24, 2.45) is 5.92 Å². The van der Waals surface area contributed by atoms with Gasteiger partial charge in [0, 0.05) is 5.92 Å². The molecule has 3 heterocycles. The van der Waals surface area contributed by atoms with E-state index in [0.717, 1.165) is 0 Å². The zero-order valence-corrected chi connectivity index (χ0v) is 14.5. The number of ether oxygens (including phenoxy) is 1. The number of hydrogen-bond donors (Lipinski definition) is 5. The highest BCUT2D eigenvalue weighted by molar-refractivity contribution is 5.91. The SMILES string of the molecule is CC(C)C(=O)Nc1nc2c(ncn2[C@]2(C)O[C@H](CO)[C@@H](O)[C@H]2O)c(=O)[nH]1. The fraction of sp³-hybridized carbons (Fsp3) is 0.600. The normalized spacial score (nSPS) is 28.8. The molecular weight excluding hydrogens is 346 g/mol. The molecule has 0 aromatic carbocycles. The predicted octanol–water partition coefficient (Wildman–Crippen LogP) is -1.50. The Labute approximate surface area is 147 Å². The molecule has 0 radical (unpaired) electrons. The number of aromatic amines is 1. The van der Waals surface area contributed by atoms with Crippen molar-refractivity contribution in [2.75, 3.05) is 11.9 Å². The molecule has 0 saturated carbocycles. The van der Waals surface area contributed by atoms with Crippen molar-refractivity contribution in [3.63, 3.8) is 0 Å². The van der Waals surface area contributed by atoms with Gasteiger partial charge in [0.05, 0.1) is 12.9 Å². The van der Waals surface area contributed by atoms with Crippen LogP contribution >= 0.6 is 0 Å². The highest BCUT2D eigenvalue weighted by Crippen LogP contribution is 2.36. The van der Waals surface area contributed by atoms with Crippen molar-refractivity contribution in [3.8, 4) is 0 Å². The van der Waals surface area contributed by atoms with Crippen LogP contribution in [0.25, 0.3) is 11.2 Å². The molecule has 0 aliphatic carbocycles. The van der Waals surface area contributed by atoms with Gasteiger partial charge in [0.25, 0.3) is 5.56 Å². The molecule has 0 bridgehead atoms. The Balaban J connectivity index is 2.09. The molecule has 1 aliphatic heterocycles. The molecule has 0 spiro atoms. The summed E-state index contributed by atoms with van der Waals surface area (Å²) in [4.78, 5) is 34.7. The predicted molar refractivity (Wildman–Crippen MR) is 89.2 cm³/mol. The van der Waals surface area contributed by atoms with Crippen molar-refractivity contribution in [1.82, 2.24) is 19.5 Å². The summed E-state index contributed by atoms with van der Waals surface area (Å²) in [6.07, 6.45) is -2.48. The van der Waals surface area contributed by atoms with Crippen LogP contribution in [0.4, 0.5) is 5.95 Å². The minimum absolute atomic E-state index is 0.0218. The minimum atomic E-state index is -1.51. The lowest BCUT2D eigenvalue weighted by atomic mass is 10.0. The molecule has 3 rings (SSSR count). The molecule has 11 heteroatoms. The lowest BCUT2D eigenvalue weighted by Gasteiger charge is -2.29. The van der Waals surface area contributed by atoms with Crippen LogP contribution < -0.4 is 10.9 Å². The highest BCUT2D eigenvalue weighted by Gasteiger charge is 2.53. The van der Waals surface area contributed by atoms with Crippen molar-refractivity contribution in [3.05, 3.63) is 16.7 Å². The molecule has 2 aromatic heterocycles. The summed E-state index contributed by atoms with van der Waals surface area (Å²) in [5, 5.41) is 32.2. The Morgan fingerprint density at radius 3 is 2.77 bits per heavy atom. The van der Waals surface area contributed by atoms with Crippen LogP contribution in [0.5, 0.6) is 0 Å². The van der Waals surface area contributed by atoms with Gasteiger partial charge in [0.1, 0.15) is 18.3 Å². The largest absolute Gasteiger partial charge is 0.394 e. The Morgan fingerprint density at radius 1 is 1.50 bits per heavy atom. The molecule has 142 valence electrons. The second-order valence-electron chi connectivity index (χ2n) is 6.67. The molecule has 5 N–H and O–H groups in total. The zero-order chi connectivity index (χ0) is 19.2. The van der Waals surface area contributed by atoms with E-state index in [1.165, 1.54) is 17.8 Å². The van der Waals surface area contributed by atoms with E-state index in [1.54, 1.807) is 13.8 Å². The van der Waals surface area contributed by atoms with Gasteiger partial charge in [-0.2, -0.15) is 4.98 Å². The lowest BCUT2D eigenvalue weighted by Crippen LogP contribution is -2.43. The number of amides is 1. The molecule has 4 atom stereocenters. The Hall–Kier alpha value is -2.34. The van der Waals surface area contributed by atoms with Gasteiger partial charge in [0.15, 0.2) is 16.9 Å². The van der Waals surface area contributed by atoms with Crippen molar-refractivity contribution >= 4 is 23.0 Å². The van der Waals surface area contributed by atoms with Crippen LogP contribution in [0.2, 0.25) is 0 Å². The van der Waals surface area contributed by atoms with E-state index < -0.39 is 36.2 Å². The average molecular weight is 367 g/mol. The van der Waals surface area contributed by atoms with Gasteiger partial charge in [-0.05, 0) is 6.92 Å². The average Bonchev–Trinajstić information content (AvgIpc) is 3.11. The third kappa shape index (κ3) is 2.78. The number of fused-ring (bicyclic) bond motifs is 1. The van der Waals surface area contributed by atoms with Gasteiger partial charge in [-0.1, -0.05) is 13.8 Å². The molecule has 1 aliphatic rings. The first-order valence-electron chi connectivity index (χ1n) is 8.12. The number of nitrogens with zero attached hydrogens (tertiary/aromatic N) is 3. The van der Waals surface area contributed by atoms with E-state index in [1.807, 2.05) is 0 Å². The zero-order valence-electron chi connectivity index (χ0n) is 14.5. The van der Waals surface area contributed by atoms with Crippen LogP contribution in [-0.2, 0) is 15.3 Å². The van der Waals surface area contributed by atoms with Gasteiger partial charge in [-0.3, -0.25) is 24.5 Å². The second kappa shape index (κ2) is 6.43. The quantitative estimate of drug-likeness (QED) is 0.436. The van der Waals surface area contributed by atoms with E-state index in [0.29, 0.717) is 0 Å². The number of anilines is 1. The molecule has 26 heavy (non-hydrogen) atoms. The third-order valence-electron chi connectivity index (χ3n) is 4.47. The summed E-state index contributed by atoms with van der Waals surface area (Å²) >= 11 is 0. The summed E-state index contributed by atoms with van der Waals surface area (Å²) in [6.45, 7) is 4.36. The Bertz CT molecular complexity index is 892. The maximum absolute atomic E-state index is 12.2. The molecule has 1 amide bonds. The maximum Gasteiger partial charge on any atom is 0.280 e. The van der Waals surface area contributed by atoms with Crippen LogP contribution in [-0.4, -0.2) is 65.7 Å². The first kappa shape index (κ1) is 18.5. The molecular formula is C15H21N5O6.